The van der Waals surface area contributed by atoms with Gasteiger partial charge in [-0.15, -0.1) is 0 Å². The molecule has 1 N–H and O–H groups in total. The van der Waals surface area contributed by atoms with Crippen LogP contribution in [0, 0.1) is 15.9 Å². The van der Waals surface area contributed by atoms with Gasteiger partial charge in [-0.3, -0.25) is 10.1 Å². The highest BCUT2D eigenvalue weighted by atomic mass is 19.1. The summed E-state index contributed by atoms with van der Waals surface area (Å²) in [5.74, 6) is -1.62. The number of halogens is 1. The topological polar surface area (TPSA) is 81.5 Å². The van der Waals surface area contributed by atoms with Crippen molar-refractivity contribution in [2.24, 2.45) is 0 Å². The Morgan fingerprint density at radius 3 is 2.50 bits per heavy atom. The molecule has 0 unspecified atom stereocenters. The molecule has 1 aromatic carbocycles. The molecule has 0 atom stereocenters. The quantitative estimate of drug-likeness (QED) is 0.507. The van der Waals surface area contributed by atoms with Crippen LogP contribution >= 0.6 is 0 Å². The third-order valence-corrected chi connectivity index (χ3v) is 1.65. The molecule has 0 bridgehead atoms. The van der Waals surface area contributed by atoms with E-state index >= 15 is 0 Å². The number of rotatable bonds is 3. The van der Waals surface area contributed by atoms with Crippen molar-refractivity contribution in [3.05, 3.63) is 39.7 Å². The van der Waals surface area contributed by atoms with Crippen molar-refractivity contribution >= 4 is 11.7 Å². The zero-order valence-electron chi connectivity index (χ0n) is 10.4. The van der Waals surface area contributed by atoms with E-state index in [1.807, 2.05) is 14.1 Å². The van der Waals surface area contributed by atoms with Gasteiger partial charge in [0.05, 0.1) is 11.5 Å². The van der Waals surface area contributed by atoms with E-state index in [1.165, 1.54) is 0 Å². The molecule has 0 amide bonds. The lowest BCUT2D eigenvalue weighted by Crippen LogP contribution is -2.08. The molecule has 0 aliphatic heterocycles. The molecule has 0 aromatic heterocycles. The number of carbonyl (C=O) groups is 1. The summed E-state index contributed by atoms with van der Waals surface area (Å²) in [6.07, 6.45) is 0. The van der Waals surface area contributed by atoms with Crippen molar-refractivity contribution in [2.75, 3.05) is 20.7 Å². The fraction of sp³-hybridized carbons (Fsp3) is 0.364. The number of nitrogens with one attached hydrogen (secondary N) is 1. The average Bonchev–Trinajstić information content (AvgIpc) is 2.29. The van der Waals surface area contributed by atoms with Crippen molar-refractivity contribution in [1.82, 2.24) is 5.32 Å². The molecule has 0 aliphatic rings. The van der Waals surface area contributed by atoms with Crippen molar-refractivity contribution in [3.63, 3.8) is 0 Å². The Labute approximate surface area is 104 Å². The second-order valence-corrected chi connectivity index (χ2v) is 3.14. The third kappa shape index (κ3) is 4.88. The zero-order chi connectivity index (χ0) is 14.1. The average molecular weight is 258 g/mol. The van der Waals surface area contributed by atoms with E-state index in [2.05, 4.69) is 10.1 Å². The number of nitro groups is 1. The number of carbonyl (C=O) groups excluding carboxylic acids is 1. The number of hydrogen-bond acceptors (Lipinski definition) is 5. The summed E-state index contributed by atoms with van der Waals surface area (Å²) < 4.78 is 17.3. The van der Waals surface area contributed by atoms with Crippen LogP contribution in [0.2, 0.25) is 0 Å². The van der Waals surface area contributed by atoms with Gasteiger partial charge in [0.25, 0.3) is 5.69 Å². The van der Waals surface area contributed by atoms with Gasteiger partial charge >= 0.3 is 5.97 Å². The SMILES string of the molecule is CCOC(=O)c1cc(F)ccc1[N+](=O)[O-].CNC. The molecule has 0 fully saturated rings. The summed E-state index contributed by atoms with van der Waals surface area (Å²) >= 11 is 0. The molecular weight excluding hydrogens is 243 g/mol. The normalized spacial score (nSPS) is 9.11. The molecule has 7 heteroatoms. The van der Waals surface area contributed by atoms with E-state index in [9.17, 15) is 19.3 Å². The van der Waals surface area contributed by atoms with Gasteiger partial charge in [0.1, 0.15) is 11.4 Å². The van der Waals surface area contributed by atoms with E-state index in [4.69, 9.17) is 0 Å². The molecule has 0 spiro atoms. The first-order valence-corrected chi connectivity index (χ1v) is 5.17. The number of esters is 1. The maximum absolute atomic E-state index is 12.8. The van der Waals surface area contributed by atoms with Gasteiger partial charge in [-0.2, -0.15) is 0 Å². The van der Waals surface area contributed by atoms with Crippen molar-refractivity contribution in [3.8, 4) is 0 Å². The lowest BCUT2D eigenvalue weighted by atomic mass is 10.2. The van der Waals surface area contributed by atoms with E-state index in [1.54, 1.807) is 6.92 Å². The van der Waals surface area contributed by atoms with Gasteiger partial charge in [0.2, 0.25) is 0 Å². The highest BCUT2D eigenvalue weighted by molar-refractivity contribution is 5.93. The lowest BCUT2D eigenvalue weighted by molar-refractivity contribution is -0.385. The lowest BCUT2D eigenvalue weighted by Gasteiger charge is -2.02. The molecule has 6 nitrogen and oxygen atoms in total. The summed E-state index contributed by atoms with van der Waals surface area (Å²) in [5.41, 5.74) is -0.836. The zero-order valence-corrected chi connectivity index (χ0v) is 10.4. The smallest absolute Gasteiger partial charge is 0.345 e. The summed E-state index contributed by atoms with van der Waals surface area (Å²) in [6, 6.07) is 2.64. The van der Waals surface area contributed by atoms with E-state index < -0.39 is 22.4 Å². The van der Waals surface area contributed by atoms with Gasteiger partial charge in [-0.1, -0.05) is 0 Å². The fourth-order valence-electron chi connectivity index (χ4n) is 1.04. The Hall–Kier alpha value is -2.02. The van der Waals surface area contributed by atoms with E-state index in [-0.39, 0.29) is 12.2 Å². The minimum Gasteiger partial charge on any atom is -0.462 e. The molecule has 0 radical (unpaired) electrons. The van der Waals surface area contributed by atoms with Gasteiger partial charge in [0.15, 0.2) is 0 Å². The Balaban J connectivity index is 0.000000873. The fourth-order valence-corrected chi connectivity index (χ4v) is 1.04. The molecule has 1 aromatic rings. The van der Waals surface area contributed by atoms with Gasteiger partial charge < -0.3 is 10.1 Å². The predicted molar refractivity (Wildman–Crippen MR) is 64.0 cm³/mol. The van der Waals surface area contributed by atoms with Crippen LogP contribution in [0.3, 0.4) is 0 Å². The van der Waals surface area contributed by atoms with Gasteiger partial charge in [0, 0.05) is 6.07 Å². The molecule has 0 aliphatic carbocycles. The summed E-state index contributed by atoms with van der Waals surface area (Å²) in [4.78, 5) is 21.0. The highest BCUT2D eigenvalue weighted by Crippen LogP contribution is 2.20. The Morgan fingerprint density at radius 2 is 2.06 bits per heavy atom. The number of nitro benzene ring substituents is 1. The van der Waals surface area contributed by atoms with Crippen LogP contribution in [-0.4, -0.2) is 31.6 Å². The number of benzene rings is 1. The summed E-state index contributed by atoms with van der Waals surface area (Å²) in [6.45, 7) is 1.63. The molecule has 0 saturated carbocycles. The molecule has 18 heavy (non-hydrogen) atoms. The largest absolute Gasteiger partial charge is 0.462 e. The standard InChI is InChI=1S/C9H8FNO4.C2H7N/c1-2-15-9(12)7-5-6(10)3-4-8(7)11(13)14;1-3-2/h3-5H,2H2,1H3;3H,1-2H3. The first-order valence-electron chi connectivity index (χ1n) is 5.17. The highest BCUT2D eigenvalue weighted by Gasteiger charge is 2.21. The summed E-state index contributed by atoms with van der Waals surface area (Å²) in [5, 5.41) is 13.3. The Kier molecular flexibility index (Phi) is 7.22. The van der Waals surface area contributed by atoms with Crippen molar-refractivity contribution in [2.45, 2.75) is 6.92 Å². The van der Waals surface area contributed by atoms with E-state index in [0.29, 0.717) is 0 Å². The number of hydrogen-bond donors (Lipinski definition) is 1. The second-order valence-electron chi connectivity index (χ2n) is 3.14. The first kappa shape index (κ1) is 16.0. The predicted octanol–water partition coefficient (Wildman–Crippen LogP) is 1.75. The van der Waals surface area contributed by atoms with Crippen LogP contribution < -0.4 is 5.32 Å². The maximum Gasteiger partial charge on any atom is 0.345 e. The van der Waals surface area contributed by atoms with Gasteiger partial charge in [-0.25, -0.2) is 9.18 Å². The molecule has 0 heterocycles. The first-order chi connectivity index (χ1) is 8.47. The monoisotopic (exact) mass is 258 g/mol. The number of nitrogens with zero attached hydrogens (tertiary/aromatic N) is 1. The summed E-state index contributed by atoms with van der Waals surface area (Å²) in [7, 11) is 3.75. The Morgan fingerprint density at radius 1 is 1.50 bits per heavy atom. The Bertz CT molecular complexity index is 424. The molecule has 0 saturated heterocycles. The van der Waals surface area contributed by atoms with Crippen LogP contribution in [0.15, 0.2) is 18.2 Å². The third-order valence-electron chi connectivity index (χ3n) is 1.65. The second kappa shape index (κ2) is 8.13. The molecule has 100 valence electrons. The van der Waals surface area contributed by atoms with Crippen molar-refractivity contribution in [1.29, 1.82) is 0 Å². The minimum absolute atomic E-state index is 0.0759. The van der Waals surface area contributed by atoms with Crippen LogP contribution in [0.5, 0.6) is 0 Å². The minimum atomic E-state index is -0.899. The van der Waals surface area contributed by atoms with Crippen LogP contribution in [0.1, 0.15) is 17.3 Å². The molecular formula is C11H15FN2O4. The van der Waals surface area contributed by atoms with Gasteiger partial charge in [-0.05, 0) is 33.2 Å². The van der Waals surface area contributed by atoms with Crippen molar-refractivity contribution < 1.29 is 18.8 Å². The molecule has 1 rings (SSSR count). The van der Waals surface area contributed by atoms with Crippen LogP contribution in [-0.2, 0) is 4.74 Å². The maximum atomic E-state index is 12.8. The van der Waals surface area contributed by atoms with Crippen LogP contribution in [0.4, 0.5) is 10.1 Å². The van der Waals surface area contributed by atoms with E-state index in [0.717, 1.165) is 18.2 Å². The van der Waals surface area contributed by atoms with Crippen LogP contribution in [0.25, 0.3) is 0 Å². The number of ether oxygens (including phenoxy) is 1.